The lowest BCUT2D eigenvalue weighted by atomic mass is 10.0. The Bertz CT molecular complexity index is 1110. The minimum Gasteiger partial charge on any atom is -0.481 e. The number of nitrogens with one attached hydrogen (secondary N) is 1. The molecule has 2 atom stereocenters. The van der Waals surface area contributed by atoms with E-state index in [9.17, 15) is 27.0 Å². The van der Waals surface area contributed by atoms with Crippen molar-refractivity contribution in [1.82, 2.24) is 19.5 Å². The van der Waals surface area contributed by atoms with Gasteiger partial charge in [-0.05, 0) is 32.3 Å². The number of benzene rings is 1. The molecule has 0 spiro atoms. The van der Waals surface area contributed by atoms with Crippen LogP contribution in [-0.2, 0) is 32.9 Å². The van der Waals surface area contributed by atoms with E-state index in [0.717, 1.165) is 5.56 Å². The van der Waals surface area contributed by atoms with Crippen LogP contribution in [0.4, 0.5) is 13.2 Å². The van der Waals surface area contributed by atoms with Crippen LogP contribution in [0.3, 0.4) is 0 Å². The van der Waals surface area contributed by atoms with E-state index in [1.54, 1.807) is 23.2 Å². The fourth-order valence-electron chi connectivity index (χ4n) is 4.09. The number of nitrogens with zero attached hydrogens (tertiary/aromatic N) is 3. The molecule has 0 radical (unpaired) electrons. The third-order valence-corrected chi connectivity index (χ3v) is 7.60. The van der Waals surface area contributed by atoms with Crippen molar-refractivity contribution < 1.29 is 31.7 Å². The van der Waals surface area contributed by atoms with Gasteiger partial charge in [-0.1, -0.05) is 12.5 Å². The van der Waals surface area contributed by atoms with Gasteiger partial charge >= 0.3 is 0 Å². The molecule has 37 heavy (non-hydrogen) atoms. The monoisotopic (exact) mass is 540 g/mol. The van der Waals surface area contributed by atoms with Gasteiger partial charge in [0.2, 0.25) is 17.7 Å². The van der Waals surface area contributed by atoms with Crippen LogP contribution in [-0.4, -0.2) is 62.5 Å². The first kappa shape index (κ1) is 28.6. The first-order valence-electron chi connectivity index (χ1n) is 11.9. The van der Waals surface area contributed by atoms with Crippen LogP contribution in [0.25, 0.3) is 0 Å². The molecule has 1 aliphatic rings. The number of carbonyl (C=O) groups excluding carboxylic acids is 2. The molecule has 2 heterocycles. The van der Waals surface area contributed by atoms with Crippen LogP contribution in [0.2, 0.25) is 0 Å². The van der Waals surface area contributed by atoms with Crippen LogP contribution in [0.1, 0.15) is 44.2 Å². The number of carbonyl (C=O) groups is 2. The number of hydrogen-bond donors (Lipinski definition) is 1. The quantitative estimate of drug-likeness (QED) is 0.500. The molecule has 1 saturated heterocycles. The van der Waals surface area contributed by atoms with Gasteiger partial charge in [-0.3, -0.25) is 9.59 Å². The number of piperidine rings is 1. The van der Waals surface area contributed by atoms with E-state index in [0.29, 0.717) is 37.3 Å². The van der Waals surface area contributed by atoms with Crippen LogP contribution in [0, 0.1) is 17.5 Å². The molecule has 12 heteroatoms. The van der Waals surface area contributed by atoms with Crippen molar-refractivity contribution in [2.45, 2.75) is 57.5 Å². The predicted molar refractivity (Wildman–Crippen MR) is 132 cm³/mol. The minimum atomic E-state index is -1.94. The summed E-state index contributed by atoms with van der Waals surface area (Å²) in [7, 11) is -0.427. The van der Waals surface area contributed by atoms with Gasteiger partial charge in [0.05, 0.1) is 30.4 Å². The molecule has 8 nitrogen and oxygen atoms in total. The van der Waals surface area contributed by atoms with Gasteiger partial charge in [0.25, 0.3) is 0 Å². The average Bonchev–Trinajstić information content (AvgIpc) is 2.87. The highest BCUT2D eigenvalue weighted by Crippen LogP contribution is 2.23. The van der Waals surface area contributed by atoms with E-state index in [1.807, 2.05) is 13.8 Å². The van der Waals surface area contributed by atoms with E-state index in [1.165, 1.54) is 11.4 Å². The molecule has 2 unspecified atom stereocenters. The number of aromatic nitrogens is 1. The second-order valence-corrected chi connectivity index (χ2v) is 10.4. The van der Waals surface area contributed by atoms with Gasteiger partial charge in [0, 0.05) is 49.1 Å². The summed E-state index contributed by atoms with van der Waals surface area (Å²) in [5.74, 6) is -4.20. The maximum absolute atomic E-state index is 14.1. The zero-order valence-corrected chi connectivity index (χ0v) is 21.8. The topological polar surface area (TPSA) is 91.8 Å². The predicted octanol–water partition coefficient (Wildman–Crippen LogP) is 3.08. The minimum absolute atomic E-state index is 0.148. The lowest BCUT2D eigenvalue weighted by Gasteiger charge is -2.33. The first-order valence-corrected chi connectivity index (χ1v) is 13.2. The van der Waals surface area contributed by atoms with E-state index in [-0.39, 0.29) is 31.6 Å². The number of amides is 2. The van der Waals surface area contributed by atoms with Gasteiger partial charge in [0.15, 0.2) is 0 Å². The average molecular weight is 541 g/mol. The summed E-state index contributed by atoms with van der Waals surface area (Å²) < 4.78 is 60.8. The summed E-state index contributed by atoms with van der Waals surface area (Å²) in [6.07, 6.45) is 3.34. The fourth-order valence-corrected chi connectivity index (χ4v) is 5.60. The van der Waals surface area contributed by atoms with Gasteiger partial charge in [-0.2, -0.15) is 0 Å². The van der Waals surface area contributed by atoms with Crippen molar-refractivity contribution in [2.75, 3.05) is 20.2 Å². The second kappa shape index (κ2) is 13.0. The molecule has 0 saturated carbocycles. The van der Waals surface area contributed by atoms with Gasteiger partial charge in [-0.25, -0.2) is 26.7 Å². The molecule has 1 aromatic heterocycles. The number of rotatable bonds is 10. The lowest BCUT2D eigenvalue weighted by Crippen LogP contribution is -2.52. The molecular formula is C25H31F3N4O4S. The highest BCUT2D eigenvalue weighted by Gasteiger charge is 2.33. The van der Waals surface area contributed by atoms with Gasteiger partial charge < -0.3 is 15.0 Å². The molecule has 3 rings (SSSR count). The van der Waals surface area contributed by atoms with Crippen LogP contribution in [0.5, 0.6) is 5.88 Å². The Balaban J connectivity index is 1.63. The van der Waals surface area contributed by atoms with Crippen molar-refractivity contribution in [3.63, 3.8) is 0 Å². The van der Waals surface area contributed by atoms with Crippen molar-refractivity contribution in [1.29, 1.82) is 0 Å². The molecule has 1 fully saturated rings. The number of halogens is 3. The van der Waals surface area contributed by atoms with Gasteiger partial charge in [0.1, 0.15) is 23.5 Å². The third-order valence-electron chi connectivity index (χ3n) is 6.11. The highest BCUT2D eigenvalue weighted by molar-refractivity contribution is 7.81. The number of pyridine rings is 1. The number of hydrogen-bond acceptors (Lipinski definition) is 5. The molecule has 2 amide bonds. The highest BCUT2D eigenvalue weighted by atomic mass is 32.2. The third kappa shape index (κ3) is 7.51. The van der Waals surface area contributed by atoms with Crippen LogP contribution >= 0.6 is 0 Å². The fraction of sp³-hybridized carbons (Fsp3) is 0.480. The largest absolute Gasteiger partial charge is 0.481 e. The molecule has 0 bridgehead atoms. The number of ether oxygens (including phenoxy) is 1. The van der Waals surface area contributed by atoms with E-state index >= 15 is 0 Å². The van der Waals surface area contributed by atoms with Crippen molar-refractivity contribution in [3.8, 4) is 5.88 Å². The summed E-state index contributed by atoms with van der Waals surface area (Å²) in [5.41, 5.74) is 0.295. The Kier molecular flexibility index (Phi) is 10.0. The standard InChI is InChI=1S/C25H31F3N4O4S/c1-16(2)31(14-17-7-8-23(36-3)29-12-17)24(33)13-30-25(34)22-6-4-5-9-32(22)37(35)15-19-20(27)10-18(26)11-21(19)28/h7-8,10-12,16,22H,4-6,9,13-15H2,1-3H3,(H,30,34). The molecular weight excluding hydrogens is 509 g/mol. The Hall–Kier alpha value is -2.99. The van der Waals surface area contributed by atoms with Gasteiger partial charge in [-0.15, -0.1) is 0 Å². The molecule has 0 aliphatic carbocycles. The summed E-state index contributed by atoms with van der Waals surface area (Å²) in [6.45, 7) is 4.02. The summed E-state index contributed by atoms with van der Waals surface area (Å²) >= 11 is 0. The van der Waals surface area contributed by atoms with E-state index in [4.69, 9.17) is 4.74 Å². The Morgan fingerprint density at radius 3 is 2.51 bits per heavy atom. The Morgan fingerprint density at radius 1 is 1.22 bits per heavy atom. The SMILES string of the molecule is COc1ccc(CN(C(=O)CNC(=O)C2CCCCN2S(=O)Cc2c(F)cc(F)cc2F)C(C)C)cn1. The molecule has 2 aromatic rings. The molecule has 1 N–H and O–H groups in total. The van der Waals surface area contributed by atoms with Crippen molar-refractivity contribution in [2.24, 2.45) is 0 Å². The summed E-state index contributed by atoms with van der Waals surface area (Å²) in [5, 5.41) is 2.63. The molecule has 1 aromatic carbocycles. The zero-order valence-electron chi connectivity index (χ0n) is 21.0. The summed E-state index contributed by atoms with van der Waals surface area (Å²) in [6, 6.07) is 3.59. The smallest absolute Gasteiger partial charge is 0.242 e. The zero-order chi connectivity index (χ0) is 27.1. The van der Waals surface area contributed by atoms with E-state index in [2.05, 4.69) is 10.3 Å². The summed E-state index contributed by atoms with van der Waals surface area (Å²) in [4.78, 5) is 31.7. The maximum atomic E-state index is 14.1. The van der Waals surface area contributed by atoms with Crippen LogP contribution < -0.4 is 10.1 Å². The Morgan fingerprint density at radius 2 is 1.92 bits per heavy atom. The first-order chi connectivity index (χ1) is 17.6. The van der Waals surface area contributed by atoms with Crippen molar-refractivity contribution >= 4 is 22.8 Å². The van der Waals surface area contributed by atoms with Crippen LogP contribution in [0.15, 0.2) is 30.5 Å². The molecule has 202 valence electrons. The Labute approximate surface area is 216 Å². The molecule has 1 aliphatic heterocycles. The number of methoxy groups -OCH3 is 1. The second-order valence-electron chi connectivity index (χ2n) is 9.01. The maximum Gasteiger partial charge on any atom is 0.242 e. The normalized spacial score (nSPS) is 16.9. The van der Waals surface area contributed by atoms with Crippen molar-refractivity contribution in [3.05, 3.63) is 59.0 Å². The lowest BCUT2D eigenvalue weighted by molar-refractivity contribution is -0.135. The van der Waals surface area contributed by atoms with E-state index < -0.39 is 51.7 Å².